The summed E-state index contributed by atoms with van der Waals surface area (Å²) in [5, 5.41) is 19.4. The van der Waals surface area contributed by atoms with Crippen LogP contribution < -0.4 is 5.32 Å². The summed E-state index contributed by atoms with van der Waals surface area (Å²) in [4.78, 5) is 23.1. The Morgan fingerprint density at radius 3 is 2.78 bits per heavy atom. The number of amides is 1. The summed E-state index contributed by atoms with van der Waals surface area (Å²) >= 11 is 0. The summed E-state index contributed by atoms with van der Waals surface area (Å²) in [6.45, 7) is 6.35. The Labute approximate surface area is 133 Å². The van der Waals surface area contributed by atoms with Crippen LogP contribution in [0, 0.1) is 0 Å². The van der Waals surface area contributed by atoms with Crippen molar-refractivity contribution in [2.24, 2.45) is 0 Å². The fourth-order valence-electron chi connectivity index (χ4n) is 2.32. The number of rotatable bonds is 4. The number of aromatic nitrogens is 3. The highest BCUT2D eigenvalue weighted by Gasteiger charge is 2.26. The summed E-state index contributed by atoms with van der Waals surface area (Å²) in [5.74, 6) is -1.19. The maximum atomic E-state index is 11.8. The molecule has 0 spiro atoms. The molecule has 1 amide bonds. The maximum absolute atomic E-state index is 11.8. The van der Waals surface area contributed by atoms with E-state index in [9.17, 15) is 14.7 Å². The van der Waals surface area contributed by atoms with E-state index >= 15 is 0 Å². The smallest absolute Gasteiger partial charge is 0.407 e. The summed E-state index contributed by atoms with van der Waals surface area (Å²) in [7, 11) is 0. The van der Waals surface area contributed by atoms with Crippen molar-refractivity contribution in [3.8, 4) is 0 Å². The van der Waals surface area contributed by atoms with Crippen LogP contribution in [-0.4, -0.2) is 51.0 Å². The van der Waals surface area contributed by atoms with E-state index in [4.69, 9.17) is 9.47 Å². The van der Waals surface area contributed by atoms with Crippen molar-refractivity contribution >= 4 is 12.1 Å². The number of hydrogen-bond acceptors (Lipinski definition) is 6. The maximum Gasteiger partial charge on any atom is 0.407 e. The number of carbonyl (C=O) groups is 2. The molecule has 23 heavy (non-hydrogen) atoms. The van der Waals surface area contributed by atoms with Gasteiger partial charge in [0.25, 0.3) is 0 Å². The van der Waals surface area contributed by atoms with Crippen molar-refractivity contribution < 1.29 is 24.2 Å². The highest BCUT2D eigenvalue weighted by atomic mass is 16.6. The predicted octanol–water partition coefficient (Wildman–Crippen LogP) is 1.35. The van der Waals surface area contributed by atoms with Crippen LogP contribution in [0.4, 0.5) is 4.79 Å². The van der Waals surface area contributed by atoms with Crippen molar-refractivity contribution in [3.63, 3.8) is 0 Å². The monoisotopic (exact) mass is 326 g/mol. The zero-order valence-corrected chi connectivity index (χ0v) is 13.5. The van der Waals surface area contributed by atoms with Crippen LogP contribution in [0.1, 0.15) is 55.8 Å². The Bertz CT molecular complexity index is 572. The van der Waals surface area contributed by atoms with Gasteiger partial charge in [-0.1, -0.05) is 5.21 Å². The molecule has 0 aliphatic carbocycles. The standard InChI is InChI=1S/C14H22N4O5/c1-14(2,3)23-13(21)15-7-10-11(12(19)20)16-17-18(10)9-5-4-6-22-8-9/h9H,4-8H2,1-3H3,(H,15,21)(H,19,20). The van der Waals surface area contributed by atoms with E-state index in [0.29, 0.717) is 18.9 Å². The summed E-state index contributed by atoms with van der Waals surface area (Å²) < 4.78 is 12.1. The number of nitrogens with one attached hydrogen (secondary N) is 1. The highest BCUT2D eigenvalue weighted by molar-refractivity contribution is 5.86. The zero-order chi connectivity index (χ0) is 17.0. The first-order chi connectivity index (χ1) is 10.8. The van der Waals surface area contributed by atoms with Gasteiger partial charge < -0.3 is 19.9 Å². The van der Waals surface area contributed by atoms with Crippen LogP contribution in [0.3, 0.4) is 0 Å². The minimum Gasteiger partial charge on any atom is -0.476 e. The topological polar surface area (TPSA) is 116 Å². The summed E-state index contributed by atoms with van der Waals surface area (Å²) in [6.07, 6.45) is 1.06. The second kappa shape index (κ2) is 6.95. The fraction of sp³-hybridized carbons (Fsp3) is 0.714. The highest BCUT2D eigenvalue weighted by Crippen LogP contribution is 2.21. The van der Waals surface area contributed by atoms with Gasteiger partial charge in [-0.2, -0.15) is 0 Å². The summed E-state index contributed by atoms with van der Waals surface area (Å²) in [5.41, 5.74) is -0.472. The average Bonchev–Trinajstić information content (AvgIpc) is 2.88. The third-order valence-electron chi connectivity index (χ3n) is 3.27. The van der Waals surface area contributed by atoms with E-state index in [1.165, 1.54) is 4.68 Å². The Kier molecular flexibility index (Phi) is 5.19. The average molecular weight is 326 g/mol. The molecule has 0 bridgehead atoms. The van der Waals surface area contributed by atoms with Gasteiger partial charge >= 0.3 is 12.1 Å². The van der Waals surface area contributed by atoms with Crippen LogP contribution in [0.25, 0.3) is 0 Å². The van der Waals surface area contributed by atoms with E-state index in [2.05, 4.69) is 15.6 Å². The van der Waals surface area contributed by atoms with E-state index in [0.717, 1.165) is 12.8 Å². The number of nitrogens with zero attached hydrogens (tertiary/aromatic N) is 3. The first kappa shape index (κ1) is 17.2. The molecular weight excluding hydrogens is 304 g/mol. The van der Waals surface area contributed by atoms with Gasteiger partial charge in [0.2, 0.25) is 0 Å². The number of aromatic carboxylic acids is 1. The first-order valence-electron chi connectivity index (χ1n) is 7.50. The molecule has 1 saturated heterocycles. The summed E-state index contributed by atoms with van der Waals surface area (Å²) in [6, 6.07) is -0.0835. The molecule has 1 aliphatic heterocycles. The van der Waals surface area contributed by atoms with Gasteiger partial charge in [0.15, 0.2) is 5.69 Å². The third-order valence-corrected chi connectivity index (χ3v) is 3.27. The van der Waals surface area contributed by atoms with E-state index in [1.54, 1.807) is 20.8 Å². The molecule has 9 heteroatoms. The molecular formula is C14H22N4O5. The number of carboxylic acids is 1. The molecule has 0 radical (unpaired) electrons. The molecule has 1 fully saturated rings. The first-order valence-corrected chi connectivity index (χ1v) is 7.50. The molecule has 9 nitrogen and oxygen atoms in total. The van der Waals surface area contributed by atoms with Gasteiger partial charge in [-0.15, -0.1) is 5.10 Å². The van der Waals surface area contributed by atoms with Gasteiger partial charge in [-0.05, 0) is 33.6 Å². The molecule has 0 saturated carbocycles. The lowest BCUT2D eigenvalue weighted by Crippen LogP contribution is -2.34. The van der Waals surface area contributed by atoms with Crippen molar-refractivity contribution in [2.45, 2.75) is 51.8 Å². The molecule has 2 N–H and O–H groups in total. The van der Waals surface area contributed by atoms with Crippen molar-refractivity contribution in [3.05, 3.63) is 11.4 Å². The second-order valence-electron chi connectivity index (χ2n) is 6.36. The molecule has 2 rings (SSSR count). The fourth-order valence-corrected chi connectivity index (χ4v) is 2.32. The number of hydrogen-bond donors (Lipinski definition) is 2. The van der Waals surface area contributed by atoms with Crippen LogP contribution in [0.5, 0.6) is 0 Å². The van der Waals surface area contributed by atoms with Crippen LogP contribution in [0.15, 0.2) is 0 Å². The van der Waals surface area contributed by atoms with E-state index in [1.807, 2.05) is 0 Å². The largest absolute Gasteiger partial charge is 0.476 e. The molecule has 1 aromatic heterocycles. The number of alkyl carbamates (subject to hydrolysis) is 1. The van der Waals surface area contributed by atoms with Crippen LogP contribution in [0.2, 0.25) is 0 Å². The number of carbonyl (C=O) groups excluding carboxylic acids is 1. The van der Waals surface area contributed by atoms with Crippen molar-refractivity contribution in [1.82, 2.24) is 20.3 Å². The number of carboxylic acid groups (broad SMARTS) is 1. The molecule has 1 atom stereocenters. The molecule has 1 unspecified atom stereocenters. The van der Waals surface area contributed by atoms with E-state index < -0.39 is 17.7 Å². The Morgan fingerprint density at radius 1 is 1.48 bits per heavy atom. The Morgan fingerprint density at radius 2 is 2.22 bits per heavy atom. The SMILES string of the molecule is CC(C)(C)OC(=O)NCc1c(C(=O)O)nnn1C1CCCOC1. The quantitative estimate of drug-likeness (QED) is 0.858. The Hall–Kier alpha value is -2.16. The zero-order valence-electron chi connectivity index (χ0n) is 13.5. The lowest BCUT2D eigenvalue weighted by molar-refractivity contribution is 0.0494. The molecule has 1 aromatic rings. The van der Waals surface area contributed by atoms with Crippen LogP contribution >= 0.6 is 0 Å². The van der Waals surface area contributed by atoms with Gasteiger partial charge in [-0.25, -0.2) is 14.3 Å². The Balaban J connectivity index is 2.13. The van der Waals surface area contributed by atoms with Gasteiger partial charge in [0.1, 0.15) is 5.60 Å². The minimum atomic E-state index is -1.19. The molecule has 1 aliphatic rings. The van der Waals surface area contributed by atoms with Crippen LogP contribution in [-0.2, 0) is 16.0 Å². The minimum absolute atomic E-state index is 0.0277. The normalized spacial score (nSPS) is 18.5. The predicted molar refractivity (Wildman–Crippen MR) is 79.1 cm³/mol. The third kappa shape index (κ3) is 4.65. The lowest BCUT2D eigenvalue weighted by atomic mass is 10.1. The van der Waals surface area contributed by atoms with Crippen molar-refractivity contribution in [1.29, 1.82) is 0 Å². The van der Waals surface area contributed by atoms with E-state index in [-0.39, 0.29) is 18.3 Å². The van der Waals surface area contributed by atoms with Gasteiger partial charge in [0, 0.05) is 6.61 Å². The van der Waals surface area contributed by atoms with Gasteiger partial charge in [-0.3, -0.25) is 0 Å². The molecule has 128 valence electrons. The second-order valence-corrected chi connectivity index (χ2v) is 6.36. The van der Waals surface area contributed by atoms with Gasteiger partial charge in [0.05, 0.1) is 24.9 Å². The molecule has 2 heterocycles. The molecule has 0 aromatic carbocycles. The van der Waals surface area contributed by atoms with Crippen molar-refractivity contribution in [2.75, 3.05) is 13.2 Å². The lowest BCUT2D eigenvalue weighted by Gasteiger charge is -2.24. The number of ether oxygens (including phenoxy) is 2.